The van der Waals surface area contributed by atoms with E-state index in [1.54, 1.807) is 14.2 Å². The first-order valence-electron chi connectivity index (χ1n) is 9.36. The van der Waals surface area contributed by atoms with Gasteiger partial charge in [-0.1, -0.05) is 18.2 Å². The molecule has 7 heteroatoms. The van der Waals surface area contributed by atoms with Gasteiger partial charge in [-0.25, -0.2) is 5.43 Å². The van der Waals surface area contributed by atoms with Crippen LogP contribution in [0.5, 0.6) is 17.2 Å². The van der Waals surface area contributed by atoms with Gasteiger partial charge >= 0.3 is 0 Å². The maximum atomic E-state index is 12.8. The molecule has 1 saturated heterocycles. The Hall–Kier alpha value is -2.77. The van der Waals surface area contributed by atoms with Gasteiger partial charge in [0.1, 0.15) is 5.75 Å². The molecular weight excluding hydrogens is 358 g/mol. The molecule has 150 valence electrons. The molecule has 1 amide bonds. The van der Waals surface area contributed by atoms with Gasteiger partial charge in [-0.05, 0) is 42.3 Å². The standard InChI is InChI=1S/C21H27N3O4/c1-4-28-16-8-5-14(6-9-16)12-22-21(25)17-13-23-24-20(17)15-7-10-18(26-2)19(11-15)27-3/h5-11,17,20,23-24H,4,12-13H2,1-3H3,(H,22,25). The van der Waals surface area contributed by atoms with Crippen molar-refractivity contribution in [2.45, 2.75) is 19.5 Å². The van der Waals surface area contributed by atoms with Crippen molar-refractivity contribution in [1.29, 1.82) is 0 Å². The van der Waals surface area contributed by atoms with Crippen LogP contribution in [0, 0.1) is 5.92 Å². The largest absolute Gasteiger partial charge is 0.494 e. The van der Waals surface area contributed by atoms with E-state index >= 15 is 0 Å². The summed E-state index contributed by atoms with van der Waals surface area (Å²) in [6, 6.07) is 13.3. The molecular formula is C21H27N3O4. The number of ether oxygens (including phenoxy) is 3. The second kappa shape index (κ2) is 9.43. The SMILES string of the molecule is CCOc1ccc(CNC(=O)C2CNNC2c2ccc(OC)c(OC)c2)cc1. The number of amides is 1. The minimum absolute atomic E-state index is 0.00818. The minimum Gasteiger partial charge on any atom is -0.494 e. The molecule has 1 aliphatic heterocycles. The second-order valence-corrected chi connectivity index (χ2v) is 6.52. The van der Waals surface area contributed by atoms with Gasteiger partial charge in [-0.2, -0.15) is 0 Å². The molecule has 1 fully saturated rings. The monoisotopic (exact) mass is 385 g/mol. The molecule has 1 aliphatic rings. The summed E-state index contributed by atoms with van der Waals surface area (Å²) in [4.78, 5) is 12.8. The van der Waals surface area contributed by atoms with Crippen molar-refractivity contribution in [3.05, 3.63) is 53.6 Å². The highest BCUT2D eigenvalue weighted by Gasteiger charge is 2.34. The number of carbonyl (C=O) groups excluding carboxylic acids is 1. The predicted molar refractivity (Wildman–Crippen MR) is 106 cm³/mol. The number of rotatable bonds is 8. The Morgan fingerprint density at radius 1 is 1.11 bits per heavy atom. The molecule has 2 aromatic carbocycles. The third-order valence-electron chi connectivity index (χ3n) is 4.79. The van der Waals surface area contributed by atoms with Crippen LogP contribution in [0.2, 0.25) is 0 Å². The van der Waals surface area contributed by atoms with Crippen molar-refractivity contribution in [2.75, 3.05) is 27.4 Å². The molecule has 0 bridgehead atoms. The van der Waals surface area contributed by atoms with Gasteiger partial charge in [-0.15, -0.1) is 0 Å². The van der Waals surface area contributed by atoms with Crippen molar-refractivity contribution >= 4 is 5.91 Å². The summed E-state index contributed by atoms with van der Waals surface area (Å²) in [5.41, 5.74) is 8.26. The topological polar surface area (TPSA) is 80.9 Å². The summed E-state index contributed by atoms with van der Waals surface area (Å²) in [5, 5.41) is 3.03. The highest BCUT2D eigenvalue weighted by atomic mass is 16.5. The molecule has 28 heavy (non-hydrogen) atoms. The van der Waals surface area contributed by atoms with Crippen LogP contribution >= 0.6 is 0 Å². The van der Waals surface area contributed by atoms with E-state index in [0.717, 1.165) is 16.9 Å². The summed E-state index contributed by atoms with van der Waals surface area (Å²) in [6.45, 7) is 3.61. The van der Waals surface area contributed by atoms with Gasteiger partial charge in [-0.3, -0.25) is 10.2 Å². The van der Waals surface area contributed by atoms with Crippen LogP contribution in [0.3, 0.4) is 0 Å². The third-order valence-corrected chi connectivity index (χ3v) is 4.79. The van der Waals surface area contributed by atoms with Crippen LogP contribution in [0.4, 0.5) is 0 Å². The van der Waals surface area contributed by atoms with Crippen LogP contribution < -0.4 is 30.4 Å². The van der Waals surface area contributed by atoms with E-state index in [0.29, 0.717) is 31.2 Å². The predicted octanol–water partition coefficient (Wildman–Crippen LogP) is 2.18. The maximum absolute atomic E-state index is 12.8. The molecule has 0 radical (unpaired) electrons. The van der Waals surface area contributed by atoms with Crippen molar-refractivity contribution in [1.82, 2.24) is 16.2 Å². The van der Waals surface area contributed by atoms with E-state index in [1.165, 1.54) is 0 Å². The summed E-state index contributed by atoms with van der Waals surface area (Å²) in [5.74, 6) is 1.89. The number of nitrogens with one attached hydrogen (secondary N) is 3. The molecule has 0 spiro atoms. The van der Waals surface area contributed by atoms with E-state index in [9.17, 15) is 4.79 Å². The molecule has 2 atom stereocenters. The molecule has 0 aliphatic carbocycles. The lowest BCUT2D eigenvalue weighted by Gasteiger charge is -2.20. The average molecular weight is 385 g/mol. The Labute approximate surface area is 165 Å². The number of methoxy groups -OCH3 is 2. The van der Waals surface area contributed by atoms with E-state index in [1.807, 2.05) is 49.4 Å². The van der Waals surface area contributed by atoms with E-state index in [-0.39, 0.29) is 17.9 Å². The average Bonchev–Trinajstić information content (AvgIpc) is 3.22. The number of benzene rings is 2. The van der Waals surface area contributed by atoms with Gasteiger partial charge in [0.15, 0.2) is 11.5 Å². The number of hydrazine groups is 1. The lowest BCUT2D eigenvalue weighted by atomic mass is 9.93. The molecule has 3 rings (SSSR count). The van der Waals surface area contributed by atoms with E-state index in [4.69, 9.17) is 14.2 Å². The normalized spacial score (nSPS) is 18.5. The first-order valence-corrected chi connectivity index (χ1v) is 9.36. The number of hydrogen-bond donors (Lipinski definition) is 3. The number of hydrogen-bond acceptors (Lipinski definition) is 6. The molecule has 2 unspecified atom stereocenters. The Bertz CT molecular complexity index is 795. The zero-order valence-corrected chi connectivity index (χ0v) is 16.5. The Morgan fingerprint density at radius 2 is 1.86 bits per heavy atom. The molecule has 2 aromatic rings. The van der Waals surface area contributed by atoms with Gasteiger partial charge in [0.2, 0.25) is 5.91 Å². The lowest BCUT2D eigenvalue weighted by molar-refractivity contribution is -0.125. The zero-order chi connectivity index (χ0) is 19.9. The Morgan fingerprint density at radius 3 is 2.54 bits per heavy atom. The minimum atomic E-state index is -0.235. The molecule has 3 N–H and O–H groups in total. The van der Waals surface area contributed by atoms with E-state index in [2.05, 4.69) is 16.2 Å². The Balaban J connectivity index is 1.64. The highest BCUT2D eigenvalue weighted by molar-refractivity contribution is 5.80. The van der Waals surface area contributed by atoms with Crippen LogP contribution in [0.1, 0.15) is 24.1 Å². The number of carbonyl (C=O) groups is 1. The Kier molecular flexibility index (Phi) is 6.73. The third kappa shape index (κ3) is 4.55. The van der Waals surface area contributed by atoms with Crippen LogP contribution in [0.15, 0.2) is 42.5 Å². The van der Waals surface area contributed by atoms with Crippen molar-refractivity contribution < 1.29 is 19.0 Å². The fraction of sp³-hybridized carbons (Fsp3) is 0.381. The summed E-state index contributed by atoms with van der Waals surface area (Å²) < 4.78 is 16.1. The summed E-state index contributed by atoms with van der Waals surface area (Å²) in [6.07, 6.45) is 0. The fourth-order valence-electron chi connectivity index (χ4n) is 3.29. The zero-order valence-electron chi connectivity index (χ0n) is 16.5. The van der Waals surface area contributed by atoms with Crippen LogP contribution in [0.25, 0.3) is 0 Å². The molecule has 1 heterocycles. The molecule has 0 saturated carbocycles. The van der Waals surface area contributed by atoms with Gasteiger partial charge < -0.3 is 19.5 Å². The lowest BCUT2D eigenvalue weighted by Crippen LogP contribution is -2.34. The van der Waals surface area contributed by atoms with Crippen molar-refractivity contribution in [2.24, 2.45) is 5.92 Å². The summed E-state index contributed by atoms with van der Waals surface area (Å²) >= 11 is 0. The first kappa shape index (κ1) is 20.0. The quantitative estimate of drug-likeness (QED) is 0.646. The second-order valence-electron chi connectivity index (χ2n) is 6.52. The maximum Gasteiger partial charge on any atom is 0.226 e. The first-order chi connectivity index (χ1) is 13.7. The molecule has 0 aromatic heterocycles. The highest BCUT2D eigenvalue weighted by Crippen LogP contribution is 2.33. The van der Waals surface area contributed by atoms with Crippen LogP contribution in [-0.2, 0) is 11.3 Å². The fourth-order valence-corrected chi connectivity index (χ4v) is 3.29. The van der Waals surface area contributed by atoms with E-state index < -0.39 is 0 Å². The molecule has 7 nitrogen and oxygen atoms in total. The van der Waals surface area contributed by atoms with Crippen molar-refractivity contribution in [3.8, 4) is 17.2 Å². The van der Waals surface area contributed by atoms with Crippen LogP contribution in [-0.4, -0.2) is 33.3 Å². The van der Waals surface area contributed by atoms with Gasteiger partial charge in [0, 0.05) is 13.1 Å². The summed E-state index contributed by atoms with van der Waals surface area (Å²) in [7, 11) is 3.20. The van der Waals surface area contributed by atoms with Gasteiger partial charge in [0.25, 0.3) is 0 Å². The van der Waals surface area contributed by atoms with Crippen molar-refractivity contribution in [3.63, 3.8) is 0 Å². The van der Waals surface area contributed by atoms with Gasteiger partial charge in [0.05, 0.1) is 32.8 Å². The smallest absolute Gasteiger partial charge is 0.226 e.